The molecule has 1 aliphatic heterocycles. The second-order valence-electron chi connectivity index (χ2n) is 8.27. The Bertz CT molecular complexity index is 1260. The van der Waals surface area contributed by atoms with Crippen LogP contribution in [0.1, 0.15) is 22.7 Å². The van der Waals surface area contributed by atoms with Gasteiger partial charge in [-0.15, -0.1) is 0 Å². The zero-order valence-electron chi connectivity index (χ0n) is 18.8. The first-order chi connectivity index (χ1) is 16.4. The Hall–Kier alpha value is -3.91. The van der Waals surface area contributed by atoms with Crippen LogP contribution in [-0.2, 0) is 25.5 Å². The summed E-state index contributed by atoms with van der Waals surface area (Å²) in [5, 5.41) is 12.1. The van der Waals surface area contributed by atoms with Gasteiger partial charge in [0, 0.05) is 11.6 Å². The van der Waals surface area contributed by atoms with Gasteiger partial charge in [0.15, 0.2) is 5.60 Å². The first-order valence-electron chi connectivity index (χ1n) is 10.7. The molecular weight excluding hydrogens is 438 g/mol. The van der Waals surface area contributed by atoms with Gasteiger partial charge in [0.25, 0.3) is 0 Å². The Kier molecular flexibility index (Phi) is 5.06. The highest BCUT2D eigenvalue weighted by molar-refractivity contribution is 6.06. The summed E-state index contributed by atoms with van der Waals surface area (Å²) in [5.74, 6) is -2.52. The summed E-state index contributed by atoms with van der Waals surface area (Å²) in [6.45, 7) is 0. The largest absolute Gasteiger partial charge is 0.497 e. The lowest BCUT2D eigenvalue weighted by Crippen LogP contribution is -2.51. The molecular formula is C26H23NO7. The van der Waals surface area contributed by atoms with Crippen molar-refractivity contribution in [1.29, 1.82) is 0 Å². The number of hydrogen-bond donors (Lipinski definition) is 1. The third-order valence-corrected chi connectivity index (χ3v) is 6.73. The van der Waals surface area contributed by atoms with Crippen molar-refractivity contribution in [1.82, 2.24) is 4.98 Å². The van der Waals surface area contributed by atoms with Crippen molar-refractivity contribution in [2.24, 2.45) is 5.92 Å². The normalized spacial score (nSPS) is 26.9. The Morgan fingerprint density at radius 2 is 1.68 bits per heavy atom. The fourth-order valence-electron chi connectivity index (χ4n) is 5.21. The lowest BCUT2D eigenvalue weighted by Gasteiger charge is -2.38. The molecule has 5 rings (SSSR count). The van der Waals surface area contributed by atoms with Crippen molar-refractivity contribution in [3.8, 4) is 17.2 Å². The van der Waals surface area contributed by atoms with Crippen LogP contribution in [0.3, 0.4) is 0 Å². The molecule has 1 fully saturated rings. The highest BCUT2D eigenvalue weighted by Gasteiger charge is 2.77. The number of hydrogen-bond acceptors (Lipinski definition) is 8. The van der Waals surface area contributed by atoms with E-state index in [2.05, 4.69) is 4.98 Å². The van der Waals surface area contributed by atoms with E-state index in [1.807, 2.05) is 6.07 Å². The van der Waals surface area contributed by atoms with E-state index >= 15 is 0 Å². The van der Waals surface area contributed by atoms with Crippen LogP contribution in [0.25, 0.3) is 0 Å². The number of esters is 1. The summed E-state index contributed by atoms with van der Waals surface area (Å²) in [6, 6.07) is 17.4. The Balaban J connectivity index is 1.86. The average molecular weight is 461 g/mol. The van der Waals surface area contributed by atoms with Crippen molar-refractivity contribution < 1.29 is 33.6 Å². The molecule has 0 radical (unpaired) electrons. The van der Waals surface area contributed by atoms with Crippen LogP contribution >= 0.6 is 0 Å². The van der Waals surface area contributed by atoms with E-state index in [0.717, 1.165) is 0 Å². The second kappa shape index (κ2) is 7.85. The number of methoxy groups -OCH3 is 3. The van der Waals surface area contributed by atoms with Crippen molar-refractivity contribution >= 4 is 11.8 Å². The first-order valence-corrected chi connectivity index (χ1v) is 10.7. The molecule has 1 aliphatic carbocycles. The summed E-state index contributed by atoms with van der Waals surface area (Å²) < 4.78 is 22.2. The zero-order valence-corrected chi connectivity index (χ0v) is 18.8. The number of nitrogens with zero attached hydrogens (tertiary/aromatic N) is 1. The monoisotopic (exact) mass is 461 g/mol. The number of carbonyl (C=O) groups excluding carboxylic acids is 2. The molecule has 2 aromatic carbocycles. The van der Waals surface area contributed by atoms with Crippen molar-refractivity contribution in [3.63, 3.8) is 0 Å². The number of ketones is 1. The molecule has 34 heavy (non-hydrogen) atoms. The molecule has 174 valence electrons. The van der Waals surface area contributed by atoms with Crippen LogP contribution in [0.15, 0.2) is 66.9 Å². The molecule has 8 heteroatoms. The van der Waals surface area contributed by atoms with E-state index in [1.54, 1.807) is 54.6 Å². The van der Waals surface area contributed by atoms with Gasteiger partial charge >= 0.3 is 5.97 Å². The van der Waals surface area contributed by atoms with E-state index in [-0.39, 0.29) is 11.4 Å². The van der Waals surface area contributed by atoms with Gasteiger partial charge in [0.1, 0.15) is 28.9 Å². The predicted molar refractivity (Wildman–Crippen MR) is 120 cm³/mol. The Labute approximate surface area is 196 Å². The molecule has 3 aromatic rings. The van der Waals surface area contributed by atoms with Crippen LogP contribution in [0.2, 0.25) is 0 Å². The lowest BCUT2D eigenvalue weighted by molar-refractivity contribution is -0.163. The van der Waals surface area contributed by atoms with Crippen molar-refractivity contribution in [3.05, 3.63) is 83.7 Å². The molecule has 1 aromatic heterocycles. The third-order valence-electron chi connectivity index (χ3n) is 6.73. The molecule has 1 unspecified atom stereocenters. The maximum atomic E-state index is 14.2. The molecule has 4 atom stereocenters. The number of pyridine rings is 1. The van der Waals surface area contributed by atoms with Gasteiger partial charge in [-0.25, -0.2) is 4.98 Å². The predicted octanol–water partition coefficient (Wildman–Crippen LogP) is 2.73. The van der Waals surface area contributed by atoms with E-state index in [4.69, 9.17) is 18.9 Å². The molecule has 1 N–H and O–H groups in total. The van der Waals surface area contributed by atoms with E-state index in [9.17, 15) is 14.7 Å². The standard InChI is InChI=1S/C26H23NO7/c1-31-17-11-9-16(10-12-17)26-20(15-7-5-4-6-8-15)21(23(28)33-3)25(30,24(26)29)22-19(34-26)13-18(32-2)14-27-22/h4-14,20-21,30H,1-3H3/t20-,21-,25-,26?/m1/s1. The van der Waals surface area contributed by atoms with E-state index in [1.165, 1.54) is 27.5 Å². The number of Topliss-reactive ketones (excluding diaryl/α,β-unsaturated/α-hetero) is 1. The quantitative estimate of drug-likeness (QED) is 0.579. The van der Waals surface area contributed by atoms with Crippen LogP contribution in [0, 0.1) is 5.92 Å². The minimum Gasteiger partial charge on any atom is -0.497 e. The van der Waals surface area contributed by atoms with Gasteiger partial charge < -0.3 is 24.1 Å². The van der Waals surface area contributed by atoms with Crippen LogP contribution in [0.5, 0.6) is 17.2 Å². The minimum absolute atomic E-state index is 0.0451. The number of rotatable bonds is 5. The van der Waals surface area contributed by atoms with Gasteiger partial charge in [-0.1, -0.05) is 42.5 Å². The Morgan fingerprint density at radius 3 is 2.29 bits per heavy atom. The molecule has 0 spiro atoms. The number of aliphatic hydroxyl groups is 1. The molecule has 0 saturated heterocycles. The van der Waals surface area contributed by atoms with E-state index < -0.39 is 34.8 Å². The fraction of sp³-hybridized carbons (Fsp3) is 0.269. The van der Waals surface area contributed by atoms with Crippen molar-refractivity contribution in [2.75, 3.05) is 21.3 Å². The van der Waals surface area contributed by atoms with Crippen molar-refractivity contribution in [2.45, 2.75) is 17.1 Å². The smallest absolute Gasteiger partial charge is 0.313 e. The van der Waals surface area contributed by atoms with Crippen LogP contribution < -0.4 is 14.2 Å². The molecule has 8 nitrogen and oxygen atoms in total. The molecule has 2 bridgehead atoms. The van der Waals surface area contributed by atoms with Crippen LogP contribution in [0.4, 0.5) is 0 Å². The third kappa shape index (κ3) is 2.78. The lowest BCUT2D eigenvalue weighted by atomic mass is 9.75. The highest BCUT2D eigenvalue weighted by atomic mass is 16.5. The number of carbonyl (C=O) groups is 2. The van der Waals surface area contributed by atoms with Gasteiger partial charge in [0.05, 0.1) is 33.4 Å². The topological polar surface area (TPSA) is 104 Å². The second-order valence-corrected chi connectivity index (χ2v) is 8.27. The van der Waals surface area contributed by atoms with Gasteiger partial charge in [-0.05, 0) is 17.7 Å². The summed E-state index contributed by atoms with van der Waals surface area (Å²) in [5.41, 5.74) is -2.96. The first kappa shape index (κ1) is 21.9. The number of ether oxygens (including phenoxy) is 4. The number of aromatic nitrogens is 1. The molecule has 1 saturated carbocycles. The molecule has 0 amide bonds. The highest BCUT2D eigenvalue weighted by Crippen LogP contribution is 2.64. The maximum Gasteiger partial charge on any atom is 0.313 e. The maximum absolute atomic E-state index is 14.2. The SMILES string of the molecule is COC(=O)[C@H]1[C@@H](c2ccccc2)C2(c3ccc(OC)cc3)Oc3cc(OC)cnc3[C@@]1(O)C2=O. The summed E-state index contributed by atoms with van der Waals surface area (Å²) in [6.07, 6.45) is 1.37. The number of fused-ring (bicyclic) bond motifs is 4. The minimum atomic E-state index is -2.28. The summed E-state index contributed by atoms with van der Waals surface area (Å²) >= 11 is 0. The van der Waals surface area contributed by atoms with Crippen LogP contribution in [-0.4, -0.2) is 43.2 Å². The van der Waals surface area contributed by atoms with E-state index in [0.29, 0.717) is 22.6 Å². The fourth-order valence-corrected chi connectivity index (χ4v) is 5.21. The van der Waals surface area contributed by atoms with Gasteiger partial charge in [-0.3, -0.25) is 9.59 Å². The average Bonchev–Trinajstić information content (AvgIpc) is 3.01. The summed E-state index contributed by atoms with van der Waals surface area (Å²) in [4.78, 5) is 31.8. The summed E-state index contributed by atoms with van der Waals surface area (Å²) in [7, 11) is 4.24. The molecule has 2 aliphatic rings. The van der Waals surface area contributed by atoms with Gasteiger partial charge in [-0.2, -0.15) is 0 Å². The molecule has 2 heterocycles. The van der Waals surface area contributed by atoms with Gasteiger partial charge in [0.2, 0.25) is 11.4 Å². The Morgan fingerprint density at radius 1 is 1.00 bits per heavy atom. The number of benzene rings is 2. The zero-order chi connectivity index (χ0) is 24.1.